The van der Waals surface area contributed by atoms with Gasteiger partial charge >= 0.3 is 16.8 Å². The maximum absolute atomic E-state index is 2.20. The van der Waals surface area contributed by atoms with Gasteiger partial charge in [-0.05, 0) is 0 Å². The van der Waals surface area contributed by atoms with Crippen molar-refractivity contribution in [2.45, 2.75) is 34.6 Å². The molecule has 0 fully saturated rings. The molecule has 1 rings (SSSR count). The van der Waals surface area contributed by atoms with E-state index in [2.05, 4.69) is 34.6 Å². The summed E-state index contributed by atoms with van der Waals surface area (Å²) < 4.78 is 0. The Hall–Kier alpha value is -0.144. The zero-order valence-corrected chi connectivity index (χ0v) is 8.87. The molecule has 0 nitrogen and oxygen atoms in total. The van der Waals surface area contributed by atoms with Gasteiger partial charge in [0.2, 0.25) is 0 Å². The molecule has 0 atom stereocenters. The van der Waals surface area contributed by atoms with E-state index in [1.54, 1.807) is 0 Å². The summed E-state index contributed by atoms with van der Waals surface area (Å²) in [6.45, 7) is 11.0. The second kappa shape index (κ2) is 3.50. The van der Waals surface area contributed by atoms with Crippen LogP contribution in [0, 0.1) is 34.6 Å². The summed E-state index contributed by atoms with van der Waals surface area (Å²) in [4.78, 5) is 0. The van der Waals surface area contributed by atoms with Gasteiger partial charge in [-0.15, -0.1) is 0 Å². The molecule has 0 heterocycles. The monoisotopic (exact) mass is 194 g/mol. The maximum atomic E-state index is 2.20. The Bertz CT molecular complexity index is 176. The van der Waals surface area contributed by atoms with Crippen LogP contribution < -0.4 is 0 Å². The average molecular weight is 194 g/mol. The zero-order valence-electron chi connectivity index (χ0n) is 7.83. The van der Waals surface area contributed by atoms with E-state index >= 15 is 0 Å². The minimum Gasteiger partial charge on any atom is -0.196 e. The van der Waals surface area contributed by atoms with Gasteiger partial charge < -0.3 is 0 Å². The van der Waals surface area contributed by atoms with Crippen molar-refractivity contribution in [1.29, 1.82) is 0 Å². The topological polar surface area (TPSA) is 0 Å². The van der Waals surface area contributed by atoms with E-state index in [1.165, 1.54) is 27.8 Å². The first-order chi connectivity index (χ1) is 4.55. The maximum Gasteiger partial charge on any atom is 3.00 e. The van der Waals surface area contributed by atoms with Crippen molar-refractivity contribution < 1.29 is 16.8 Å². The summed E-state index contributed by atoms with van der Waals surface area (Å²) in [6.07, 6.45) is 0. The van der Waals surface area contributed by atoms with E-state index in [-0.39, 0.29) is 16.8 Å². The van der Waals surface area contributed by atoms with Crippen LogP contribution in [0.2, 0.25) is 0 Å². The van der Waals surface area contributed by atoms with Crippen molar-refractivity contribution in [2.75, 3.05) is 0 Å². The van der Waals surface area contributed by atoms with Gasteiger partial charge in [0.25, 0.3) is 0 Å². The summed E-state index contributed by atoms with van der Waals surface area (Å²) >= 11 is 0. The Morgan fingerprint density at radius 1 is 0.818 bits per heavy atom. The van der Waals surface area contributed by atoms with Crippen LogP contribution in [0.25, 0.3) is 0 Å². The minimum atomic E-state index is 0. The minimum absolute atomic E-state index is 0. The predicted molar refractivity (Wildman–Crippen MR) is 45.7 cm³/mol. The van der Waals surface area contributed by atoms with Crippen molar-refractivity contribution in [3.8, 4) is 0 Å². The normalized spacial score (nSPS) is 9.55. The Morgan fingerprint density at radius 2 is 1.09 bits per heavy atom. The predicted octanol–water partition coefficient (Wildman–Crippen LogP) is 2.95. The van der Waals surface area contributed by atoms with E-state index in [9.17, 15) is 0 Å². The van der Waals surface area contributed by atoms with E-state index < -0.39 is 0 Å². The molecule has 1 aromatic carbocycles. The molecule has 0 amide bonds. The third-order valence-electron chi connectivity index (χ3n) is 2.81. The van der Waals surface area contributed by atoms with E-state index in [0.29, 0.717) is 0 Å². The van der Waals surface area contributed by atoms with Gasteiger partial charge in [0.15, 0.2) is 0 Å². The molecule has 0 bridgehead atoms. The van der Waals surface area contributed by atoms with Crippen LogP contribution in [-0.4, -0.2) is 0 Å². The Labute approximate surface area is 79.6 Å². The molecule has 0 aliphatic carbocycles. The van der Waals surface area contributed by atoms with Crippen LogP contribution in [0.3, 0.4) is 0 Å². The first-order valence-corrected chi connectivity index (χ1v) is 3.75. The largest absolute Gasteiger partial charge is 3.00 e. The van der Waals surface area contributed by atoms with Gasteiger partial charge in [-0.3, -0.25) is 0 Å². The Balaban J connectivity index is 0.000001000. The Morgan fingerprint density at radius 3 is 1.18 bits per heavy atom. The number of hydrogen-bond acceptors (Lipinski definition) is 0. The molecule has 62 valence electrons. The smallest absolute Gasteiger partial charge is 0.196 e. The van der Waals surface area contributed by atoms with E-state index in [4.69, 9.17) is 0 Å². The van der Waals surface area contributed by atoms with Crippen LogP contribution in [0.4, 0.5) is 0 Å². The molecule has 0 unspecified atom stereocenters. The van der Waals surface area contributed by atoms with Gasteiger partial charge in [-0.2, -0.15) is 27.8 Å². The third-order valence-corrected chi connectivity index (χ3v) is 2.81. The Kier molecular flexibility index (Phi) is 3.46. The quantitative estimate of drug-likeness (QED) is 0.557. The van der Waals surface area contributed by atoms with Gasteiger partial charge in [-0.1, -0.05) is 34.6 Å². The SMILES string of the molecule is Cc1c(C)c(C)[c-](C)c1C.[Co+3]. The molecular formula is C10H15Co+2. The fourth-order valence-corrected chi connectivity index (χ4v) is 1.41. The fourth-order valence-electron chi connectivity index (χ4n) is 1.41. The second-order valence-electron chi connectivity index (χ2n) is 3.12. The van der Waals surface area contributed by atoms with Crippen molar-refractivity contribution in [3.05, 3.63) is 27.8 Å². The van der Waals surface area contributed by atoms with Crippen LogP contribution in [-0.2, 0) is 16.8 Å². The van der Waals surface area contributed by atoms with E-state index in [1.807, 2.05) is 0 Å². The van der Waals surface area contributed by atoms with Crippen LogP contribution in [0.5, 0.6) is 0 Å². The first-order valence-electron chi connectivity index (χ1n) is 3.75. The van der Waals surface area contributed by atoms with Gasteiger partial charge in [-0.25, -0.2) is 0 Å². The van der Waals surface area contributed by atoms with Crippen LogP contribution in [0.15, 0.2) is 0 Å². The van der Waals surface area contributed by atoms with Crippen LogP contribution >= 0.6 is 0 Å². The average Bonchev–Trinajstić information content (AvgIpc) is 2.07. The molecular weight excluding hydrogens is 179 g/mol. The zero-order chi connectivity index (χ0) is 7.89. The summed E-state index contributed by atoms with van der Waals surface area (Å²) in [5.74, 6) is 0. The number of rotatable bonds is 0. The second-order valence-corrected chi connectivity index (χ2v) is 3.12. The standard InChI is InChI=1S/C10H15.Co/c1-6-7(2)9(4)10(5)8(6)3;/h1-5H3;/q-1;+3. The molecule has 0 aliphatic heterocycles. The molecule has 1 heteroatoms. The first kappa shape index (κ1) is 10.9. The molecule has 0 saturated carbocycles. The van der Waals surface area contributed by atoms with Crippen molar-refractivity contribution in [2.24, 2.45) is 0 Å². The number of hydrogen-bond donors (Lipinski definition) is 0. The van der Waals surface area contributed by atoms with Gasteiger partial charge in [0.1, 0.15) is 0 Å². The summed E-state index contributed by atoms with van der Waals surface area (Å²) in [6, 6.07) is 0. The molecule has 0 saturated heterocycles. The molecule has 0 N–H and O–H groups in total. The van der Waals surface area contributed by atoms with Crippen molar-refractivity contribution in [1.82, 2.24) is 0 Å². The van der Waals surface area contributed by atoms with Crippen LogP contribution in [0.1, 0.15) is 27.8 Å². The van der Waals surface area contributed by atoms with Gasteiger partial charge in [0.05, 0.1) is 0 Å². The van der Waals surface area contributed by atoms with Crippen molar-refractivity contribution >= 4 is 0 Å². The van der Waals surface area contributed by atoms with Gasteiger partial charge in [0, 0.05) is 0 Å². The van der Waals surface area contributed by atoms with Crippen molar-refractivity contribution in [3.63, 3.8) is 0 Å². The van der Waals surface area contributed by atoms with E-state index in [0.717, 1.165) is 0 Å². The summed E-state index contributed by atoms with van der Waals surface area (Å²) in [7, 11) is 0. The molecule has 0 aromatic heterocycles. The third kappa shape index (κ3) is 1.54. The molecule has 0 radical (unpaired) electrons. The summed E-state index contributed by atoms with van der Waals surface area (Å²) in [5, 5.41) is 0. The fraction of sp³-hybridized carbons (Fsp3) is 0.500. The summed E-state index contributed by atoms with van der Waals surface area (Å²) in [5.41, 5.74) is 7.34. The molecule has 0 spiro atoms. The molecule has 11 heavy (non-hydrogen) atoms. The molecule has 0 aliphatic rings. The molecule has 1 aromatic rings.